The molecule has 4 aromatic rings. The molecular weight excluding hydrogens is 288 g/mol. The summed E-state index contributed by atoms with van der Waals surface area (Å²) in [5, 5.41) is 6.19. The van der Waals surface area contributed by atoms with Crippen LogP contribution < -0.4 is 0 Å². The lowest BCUT2D eigenvalue weighted by molar-refractivity contribution is 0.616. The Hall–Kier alpha value is -1.80. The standard InChI is InChI=1S/C16H9BrO/c17-12-5-3-10-1-2-11-4-6-15-13(7-8-18-15)16(11)14(10)9-12/h1-9H. The Kier molecular flexibility index (Phi) is 2.03. The molecular formula is C16H9BrO. The van der Waals surface area contributed by atoms with Crippen LogP contribution in [0.2, 0.25) is 0 Å². The zero-order valence-corrected chi connectivity index (χ0v) is 11.1. The van der Waals surface area contributed by atoms with E-state index in [0.29, 0.717) is 0 Å². The molecule has 0 saturated heterocycles. The molecule has 0 saturated carbocycles. The van der Waals surface area contributed by atoms with Gasteiger partial charge in [0.1, 0.15) is 5.58 Å². The number of benzene rings is 3. The Morgan fingerprint density at radius 1 is 0.778 bits per heavy atom. The molecule has 4 rings (SSSR count). The van der Waals surface area contributed by atoms with Crippen LogP contribution in [0.3, 0.4) is 0 Å². The van der Waals surface area contributed by atoms with Gasteiger partial charge in [-0.1, -0.05) is 40.2 Å². The second-order valence-corrected chi connectivity index (χ2v) is 5.34. The van der Waals surface area contributed by atoms with E-state index in [1.165, 1.54) is 26.9 Å². The summed E-state index contributed by atoms with van der Waals surface area (Å²) < 4.78 is 6.59. The number of hydrogen-bond acceptors (Lipinski definition) is 1. The first-order chi connectivity index (χ1) is 8.83. The summed E-state index contributed by atoms with van der Waals surface area (Å²) >= 11 is 3.55. The summed E-state index contributed by atoms with van der Waals surface area (Å²) in [6, 6.07) is 16.9. The third-order valence-electron chi connectivity index (χ3n) is 3.39. The maximum absolute atomic E-state index is 5.49. The van der Waals surface area contributed by atoms with Gasteiger partial charge in [0.15, 0.2) is 0 Å². The van der Waals surface area contributed by atoms with Crippen LogP contribution in [0.5, 0.6) is 0 Å². The quantitative estimate of drug-likeness (QED) is 0.390. The lowest BCUT2D eigenvalue weighted by Gasteiger charge is -2.05. The first kappa shape index (κ1) is 10.2. The van der Waals surface area contributed by atoms with E-state index in [0.717, 1.165) is 10.1 Å². The van der Waals surface area contributed by atoms with E-state index in [-0.39, 0.29) is 0 Å². The van der Waals surface area contributed by atoms with E-state index in [1.807, 2.05) is 12.1 Å². The van der Waals surface area contributed by atoms with Gasteiger partial charge in [-0.05, 0) is 40.4 Å². The zero-order chi connectivity index (χ0) is 12.1. The summed E-state index contributed by atoms with van der Waals surface area (Å²) in [6.07, 6.45) is 1.75. The molecule has 1 aromatic heterocycles. The lowest BCUT2D eigenvalue weighted by atomic mass is 9.99. The molecule has 0 fully saturated rings. The molecule has 0 atom stereocenters. The minimum atomic E-state index is 0.940. The Morgan fingerprint density at radius 3 is 2.50 bits per heavy atom. The average molecular weight is 297 g/mol. The molecule has 0 spiro atoms. The highest BCUT2D eigenvalue weighted by molar-refractivity contribution is 9.10. The van der Waals surface area contributed by atoms with Crippen molar-refractivity contribution in [1.29, 1.82) is 0 Å². The summed E-state index contributed by atoms with van der Waals surface area (Å²) in [4.78, 5) is 0. The van der Waals surface area contributed by atoms with Crippen LogP contribution in [0.1, 0.15) is 0 Å². The fraction of sp³-hybridized carbons (Fsp3) is 0. The van der Waals surface area contributed by atoms with Crippen molar-refractivity contribution in [2.24, 2.45) is 0 Å². The highest BCUT2D eigenvalue weighted by atomic mass is 79.9. The van der Waals surface area contributed by atoms with Crippen molar-refractivity contribution < 1.29 is 4.42 Å². The van der Waals surface area contributed by atoms with E-state index < -0.39 is 0 Å². The Balaban J connectivity index is 2.37. The van der Waals surface area contributed by atoms with Gasteiger partial charge < -0.3 is 4.42 Å². The van der Waals surface area contributed by atoms with Gasteiger partial charge in [0.25, 0.3) is 0 Å². The molecule has 0 N–H and O–H groups in total. The largest absolute Gasteiger partial charge is 0.464 e. The average Bonchev–Trinajstić information content (AvgIpc) is 2.86. The molecule has 0 unspecified atom stereocenters. The molecule has 18 heavy (non-hydrogen) atoms. The second kappa shape index (κ2) is 3.59. The fourth-order valence-electron chi connectivity index (χ4n) is 2.57. The monoisotopic (exact) mass is 296 g/mol. The van der Waals surface area contributed by atoms with Crippen molar-refractivity contribution in [1.82, 2.24) is 0 Å². The summed E-state index contributed by atoms with van der Waals surface area (Å²) in [6.45, 7) is 0. The lowest BCUT2D eigenvalue weighted by Crippen LogP contribution is -1.79. The van der Waals surface area contributed by atoms with Crippen molar-refractivity contribution in [2.75, 3.05) is 0 Å². The van der Waals surface area contributed by atoms with Crippen LogP contribution in [-0.4, -0.2) is 0 Å². The van der Waals surface area contributed by atoms with E-state index in [1.54, 1.807) is 6.26 Å². The molecule has 3 aromatic carbocycles. The predicted molar refractivity (Wildman–Crippen MR) is 78.9 cm³/mol. The number of hydrogen-bond donors (Lipinski definition) is 0. The molecule has 86 valence electrons. The number of halogens is 1. The number of fused-ring (bicyclic) bond motifs is 5. The van der Waals surface area contributed by atoms with E-state index >= 15 is 0 Å². The molecule has 0 amide bonds. The van der Waals surface area contributed by atoms with Crippen molar-refractivity contribution in [3.63, 3.8) is 0 Å². The van der Waals surface area contributed by atoms with E-state index in [4.69, 9.17) is 4.42 Å². The van der Waals surface area contributed by atoms with Crippen LogP contribution >= 0.6 is 15.9 Å². The highest BCUT2D eigenvalue weighted by Crippen LogP contribution is 2.33. The molecule has 0 aliphatic rings. The summed E-state index contributed by atoms with van der Waals surface area (Å²) in [7, 11) is 0. The maximum atomic E-state index is 5.49. The first-order valence-electron chi connectivity index (χ1n) is 5.81. The fourth-order valence-corrected chi connectivity index (χ4v) is 2.93. The zero-order valence-electron chi connectivity index (χ0n) is 9.48. The summed E-state index contributed by atoms with van der Waals surface area (Å²) in [5.74, 6) is 0. The summed E-state index contributed by atoms with van der Waals surface area (Å²) in [5.41, 5.74) is 0.940. The molecule has 0 radical (unpaired) electrons. The van der Waals surface area contributed by atoms with Crippen molar-refractivity contribution >= 4 is 48.4 Å². The maximum Gasteiger partial charge on any atom is 0.134 e. The Bertz CT molecular complexity index is 889. The van der Waals surface area contributed by atoms with Crippen molar-refractivity contribution in [3.8, 4) is 0 Å². The molecule has 0 aliphatic carbocycles. The van der Waals surface area contributed by atoms with Crippen LogP contribution in [0.4, 0.5) is 0 Å². The van der Waals surface area contributed by atoms with Crippen LogP contribution in [0.25, 0.3) is 32.5 Å². The van der Waals surface area contributed by atoms with Gasteiger partial charge >= 0.3 is 0 Å². The predicted octanol–water partition coefficient (Wildman–Crippen LogP) is 5.50. The molecule has 0 aliphatic heterocycles. The van der Waals surface area contributed by atoms with Crippen molar-refractivity contribution in [2.45, 2.75) is 0 Å². The van der Waals surface area contributed by atoms with Gasteiger partial charge in [-0.15, -0.1) is 0 Å². The topological polar surface area (TPSA) is 13.1 Å². The molecule has 0 bridgehead atoms. The highest BCUT2D eigenvalue weighted by Gasteiger charge is 2.07. The van der Waals surface area contributed by atoms with E-state index in [2.05, 4.69) is 52.3 Å². The van der Waals surface area contributed by atoms with Gasteiger partial charge in [0.05, 0.1) is 6.26 Å². The second-order valence-electron chi connectivity index (χ2n) is 4.43. The number of furan rings is 1. The third kappa shape index (κ3) is 1.33. The number of rotatable bonds is 0. The third-order valence-corrected chi connectivity index (χ3v) is 3.89. The van der Waals surface area contributed by atoms with Crippen LogP contribution in [0, 0.1) is 0 Å². The minimum absolute atomic E-state index is 0.940. The minimum Gasteiger partial charge on any atom is -0.464 e. The van der Waals surface area contributed by atoms with Gasteiger partial charge in [-0.2, -0.15) is 0 Å². The van der Waals surface area contributed by atoms with Crippen molar-refractivity contribution in [3.05, 3.63) is 59.3 Å². The van der Waals surface area contributed by atoms with Gasteiger partial charge in [-0.25, -0.2) is 0 Å². The van der Waals surface area contributed by atoms with Gasteiger partial charge in [-0.3, -0.25) is 0 Å². The Labute approximate surface area is 112 Å². The van der Waals surface area contributed by atoms with Crippen LogP contribution in [-0.2, 0) is 0 Å². The molecule has 1 nitrogen and oxygen atoms in total. The SMILES string of the molecule is Brc1ccc2ccc3ccc4occc4c3c2c1. The molecule has 1 heterocycles. The van der Waals surface area contributed by atoms with Crippen LogP contribution in [0.15, 0.2) is 63.7 Å². The normalized spacial score (nSPS) is 11.6. The Morgan fingerprint density at radius 2 is 1.56 bits per heavy atom. The first-order valence-corrected chi connectivity index (χ1v) is 6.60. The smallest absolute Gasteiger partial charge is 0.134 e. The van der Waals surface area contributed by atoms with Gasteiger partial charge in [0, 0.05) is 15.2 Å². The molecule has 2 heteroatoms. The van der Waals surface area contributed by atoms with E-state index in [9.17, 15) is 0 Å². The van der Waals surface area contributed by atoms with Gasteiger partial charge in [0.2, 0.25) is 0 Å².